The van der Waals surface area contributed by atoms with Gasteiger partial charge in [-0.3, -0.25) is 4.98 Å². The number of amides is 2. The number of anilines is 2. The number of aryl methyl sites for hydroxylation is 1. The summed E-state index contributed by atoms with van der Waals surface area (Å²) < 4.78 is 14.5. The van der Waals surface area contributed by atoms with Crippen LogP contribution in [0.2, 0.25) is 0 Å². The zero-order valence-corrected chi connectivity index (χ0v) is 16.5. The van der Waals surface area contributed by atoms with Crippen LogP contribution >= 0.6 is 0 Å². The molecule has 0 spiro atoms. The van der Waals surface area contributed by atoms with Crippen molar-refractivity contribution in [3.63, 3.8) is 0 Å². The molecule has 2 amide bonds. The lowest BCUT2D eigenvalue weighted by molar-refractivity contribution is 0.251. The first kappa shape index (κ1) is 19.2. The number of benzene rings is 2. The van der Waals surface area contributed by atoms with Crippen LogP contribution in [0.3, 0.4) is 0 Å². The molecule has 0 atom stereocenters. The van der Waals surface area contributed by atoms with Gasteiger partial charge in [0.15, 0.2) is 0 Å². The van der Waals surface area contributed by atoms with E-state index in [0.29, 0.717) is 5.69 Å². The van der Waals surface area contributed by atoms with E-state index in [-0.39, 0.29) is 18.4 Å². The van der Waals surface area contributed by atoms with Crippen molar-refractivity contribution in [1.82, 2.24) is 10.3 Å². The van der Waals surface area contributed by atoms with Crippen LogP contribution in [-0.4, -0.2) is 24.1 Å². The van der Waals surface area contributed by atoms with Gasteiger partial charge in [0, 0.05) is 42.3 Å². The fourth-order valence-corrected chi connectivity index (χ4v) is 3.78. The van der Waals surface area contributed by atoms with Gasteiger partial charge in [-0.2, -0.15) is 0 Å². The number of nitrogens with zero attached hydrogens (tertiary/aromatic N) is 2. The minimum absolute atomic E-state index is 0.233. The quantitative estimate of drug-likeness (QED) is 0.657. The van der Waals surface area contributed by atoms with Gasteiger partial charge in [0.05, 0.1) is 11.4 Å². The number of halogens is 1. The normalized spacial score (nSPS) is 14.1. The van der Waals surface area contributed by atoms with Crippen LogP contribution in [0.5, 0.6) is 0 Å². The fraction of sp³-hybridized carbons (Fsp3) is 0.304. The molecule has 0 bridgehead atoms. The van der Waals surface area contributed by atoms with Crippen LogP contribution < -0.4 is 15.5 Å². The van der Waals surface area contributed by atoms with Crippen molar-refractivity contribution in [3.8, 4) is 0 Å². The summed E-state index contributed by atoms with van der Waals surface area (Å²) in [5, 5.41) is 7.59. The maximum absolute atomic E-state index is 14.5. The minimum Gasteiger partial charge on any atom is -0.369 e. The number of carbonyl (C=O) groups excluding carboxylic acids is 1. The molecule has 0 unspecified atom stereocenters. The van der Waals surface area contributed by atoms with Gasteiger partial charge < -0.3 is 15.5 Å². The van der Waals surface area contributed by atoms with E-state index in [2.05, 4.69) is 20.5 Å². The molecule has 5 nitrogen and oxygen atoms in total. The smallest absolute Gasteiger partial charge is 0.319 e. The molecule has 6 heteroatoms. The minimum atomic E-state index is -0.326. The van der Waals surface area contributed by atoms with Crippen molar-refractivity contribution < 1.29 is 9.18 Å². The van der Waals surface area contributed by atoms with Gasteiger partial charge in [0.1, 0.15) is 5.82 Å². The van der Waals surface area contributed by atoms with E-state index in [0.717, 1.165) is 53.6 Å². The second-order valence-electron chi connectivity index (χ2n) is 7.49. The van der Waals surface area contributed by atoms with Crippen LogP contribution in [-0.2, 0) is 6.54 Å². The molecule has 2 aromatic carbocycles. The van der Waals surface area contributed by atoms with E-state index in [9.17, 15) is 9.18 Å². The maximum atomic E-state index is 14.5. The molecule has 29 heavy (non-hydrogen) atoms. The third kappa shape index (κ3) is 4.47. The fourth-order valence-electron chi connectivity index (χ4n) is 3.78. The van der Waals surface area contributed by atoms with E-state index >= 15 is 0 Å². The molecule has 1 saturated heterocycles. The van der Waals surface area contributed by atoms with Gasteiger partial charge in [0.25, 0.3) is 0 Å². The van der Waals surface area contributed by atoms with Crippen LogP contribution in [0.1, 0.15) is 30.5 Å². The van der Waals surface area contributed by atoms with Crippen molar-refractivity contribution in [2.24, 2.45) is 0 Å². The molecule has 1 aromatic heterocycles. The summed E-state index contributed by atoms with van der Waals surface area (Å²) in [6, 6.07) is 12.5. The summed E-state index contributed by atoms with van der Waals surface area (Å²) >= 11 is 0. The number of hydrogen-bond acceptors (Lipinski definition) is 3. The Bertz CT molecular complexity index is 1030. The third-order valence-electron chi connectivity index (χ3n) is 5.31. The van der Waals surface area contributed by atoms with Crippen LogP contribution in [0, 0.1) is 12.7 Å². The second kappa shape index (κ2) is 8.47. The molecule has 2 N–H and O–H groups in total. The molecule has 1 aliphatic heterocycles. The first-order chi connectivity index (χ1) is 14.1. The topological polar surface area (TPSA) is 57.3 Å². The van der Waals surface area contributed by atoms with E-state index in [1.54, 1.807) is 6.20 Å². The SMILES string of the molecule is Cc1cc2c(NC(=O)NCc3ccc(N4CCCCC4)c(F)c3)cccc2cn1. The Kier molecular flexibility index (Phi) is 5.60. The Morgan fingerprint density at radius 2 is 1.97 bits per heavy atom. The molecule has 2 heterocycles. The second-order valence-corrected chi connectivity index (χ2v) is 7.49. The molecular weight excluding hydrogens is 367 g/mol. The molecule has 0 saturated carbocycles. The highest BCUT2D eigenvalue weighted by Crippen LogP contribution is 2.25. The zero-order valence-electron chi connectivity index (χ0n) is 16.5. The number of hydrogen-bond donors (Lipinski definition) is 2. The molecule has 0 aliphatic carbocycles. The molecule has 150 valence electrons. The largest absolute Gasteiger partial charge is 0.369 e. The van der Waals surface area contributed by atoms with Gasteiger partial charge in [-0.25, -0.2) is 9.18 Å². The number of piperidine rings is 1. The van der Waals surface area contributed by atoms with Gasteiger partial charge >= 0.3 is 6.03 Å². The highest BCUT2D eigenvalue weighted by molar-refractivity contribution is 6.01. The van der Waals surface area contributed by atoms with Gasteiger partial charge in [-0.15, -0.1) is 0 Å². The maximum Gasteiger partial charge on any atom is 0.319 e. The van der Waals surface area contributed by atoms with Crippen LogP contribution in [0.25, 0.3) is 10.8 Å². The summed E-state index contributed by atoms with van der Waals surface area (Å²) in [4.78, 5) is 18.8. The standard InChI is InChI=1S/C23H25FN4O/c1-16-12-19-18(15-25-16)6-5-7-21(19)27-23(29)26-14-17-8-9-22(20(24)13-17)28-10-3-2-4-11-28/h5-9,12-13,15H,2-4,10-11,14H2,1H3,(H2,26,27,29). The third-order valence-corrected chi connectivity index (χ3v) is 5.31. The van der Waals surface area contributed by atoms with Crippen LogP contribution in [0.15, 0.2) is 48.7 Å². The van der Waals surface area contributed by atoms with Gasteiger partial charge in [-0.05, 0) is 56.0 Å². The Balaban J connectivity index is 1.40. The molecular formula is C23H25FN4O. The Morgan fingerprint density at radius 3 is 2.76 bits per heavy atom. The first-order valence-corrected chi connectivity index (χ1v) is 10.0. The summed E-state index contributed by atoms with van der Waals surface area (Å²) in [5.41, 5.74) is 2.99. The van der Waals surface area contributed by atoms with E-state index < -0.39 is 0 Å². The van der Waals surface area contributed by atoms with Crippen LogP contribution in [0.4, 0.5) is 20.6 Å². The summed E-state index contributed by atoms with van der Waals surface area (Å²) in [5.74, 6) is -0.233. The monoisotopic (exact) mass is 392 g/mol. The van der Waals surface area contributed by atoms with E-state index in [1.165, 1.54) is 12.5 Å². The Labute approximate surface area is 169 Å². The molecule has 4 rings (SSSR count). The predicted molar refractivity (Wildman–Crippen MR) is 115 cm³/mol. The lowest BCUT2D eigenvalue weighted by Crippen LogP contribution is -2.30. The van der Waals surface area contributed by atoms with Gasteiger partial charge in [-0.1, -0.05) is 18.2 Å². The molecule has 1 fully saturated rings. The predicted octanol–water partition coefficient (Wildman–Crippen LogP) is 4.99. The lowest BCUT2D eigenvalue weighted by Gasteiger charge is -2.29. The molecule has 0 radical (unpaired) electrons. The molecule has 1 aliphatic rings. The van der Waals surface area contributed by atoms with Crippen molar-refractivity contribution >= 4 is 28.2 Å². The van der Waals surface area contributed by atoms with Gasteiger partial charge in [0.2, 0.25) is 0 Å². The highest BCUT2D eigenvalue weighted by atomic mass is 19.1. The lowest BCUT2D eigenvalue weighted by atomic mass is 10.1. The van der Waals surface area contributed by atoms with Crippen molar-refractivity contribution in [1.29, 1.82) is 0 Å². The molecule has 3 aromatic rings. The Hall–Kier alpha value is -3.15. The average molecular weight is 392 g/mol. The number of urea groups is 1. The van der Waals surface area contributed by atoms with Crippen molar-refractivity contribution in [3.05, 3.63) is 65.7 Å². The number of fused-ring (bicyclic) bond motifs is 1. The number of pyridine rings is 1. The summed E-state index contributed by atoms with van der Waals surface area (Å²) in [6.07, 6.45) is 5.21. The first-order valence-electron chi connectivity index (χ1n) is 10.0. The number of rotatable bonds is 4. The average Bonchev–Trinajstić information content (AvgIpc) is 2.73. The number of carbonyl (C=O) groups is 1. The van der Waals surface area contributed by atoms with Crippen molar-refractivity contribution in [2.45, 2.75) is 32.7 Å². The number of aromatic nitrogens is 1. The Morgan fingerprint density at radius 1 is 1.14 bits per heavy atom. The number of nitrogens with one attached hydrogen (secondary N) is 2. The summed E-state index contributed by atoms with van der Waals surface area (Å²) in [6.45, 7) is 3.97. The van der Waals surface area contributed by atoms with E-state index in [4.69, 9.17) is 0 Å². The van der Waals surface area contributed by atoms with Crippen molar-refractivity contribution in [2.75, 3.05) is 23.3 Å². The van der Waals surface area contributed by atoms with E-state index in [1.807, 2.05) is 43.3 Å². The highest BCUT2D eigenvalue weighted by Gasteiger charge is 2.15. The zero-order chi connectivity index (χ0) is 20.2. The summed E-state index contributed by atoms with van der Waals surface area (Å²) in [7, 11) is 0.